The number of rotatable bonds is 6. The molecule has 0 aliphatic heterocycles. The molecule has 0 atom stereocenters. The fourth-order valence-electron chi connectivity index (χ4n) is 3.22. The Bertz CT molecular complexity index is 1080. The quantitative estimate of drug-likeness (QED) is 0.391. The second kappa shape index (κ2) is 8.57. The van der Waals surface area contributed by atoms with Crippen molar-refractivity contribution in [3.8, 4) is 28.5 Å². The predicted octanol–water partition coefficient (Wildman–Crippen LogP) is 6.28. The molecule has 0 amide bonds. The van der Waals surface area contributed by atoms with Gasteiger partial charge in [0.05, 0.1) is 19.0 Å². The number of methoxy groups -OCH3 is 1. The molecule has 1 heterocycles. The lowest BCUT2D eigenvalue weighted by Crippen LogP contribution is -1.97. The monoisotopic (exact) mass is 385 g/mol. The number of aromatic nitrogens is 1. The molecule has 0 saturated heterocycles. The van der Waals surface area contributed by atoms with Crippen LogP contribution in [0.3, 0.4) is 0 Å². The van der Waals surface area contributed by atoms with Gasteiger partial charge in [-0.1, -0.05) is 42.5 Å². The Balaban J connectivity index is 1.59. The van der Waals surface area contributed by atoms with Crippen LogP contribution >= 0.6 is 0 Å². The minimum absolute atomic E-state index is 0.298. The van der Waals surface area contributed by atoms with Gasteiger partial charge in [0, 0.05) is 12.0 Å². The van der Waals surface area contributed by atoms with Crippen LogP contribution < -0.4 is 9.47 Å². The molecule has 0 unspecified atom stereocenters. The zero-order valence-corrected chi connectivity index (χ0v) is 16.0. The Hall–Kier alpha value is -3.66. The van der Waals surface area contributed by atoms with Crippen LogP contribution in [0.2, 0.25) is 0 Å². The van der Waals surface area contributed by atoms with E-state index in [9.17, 15) is 4.39 Å². The van der Waals surface area contributed by atoms with E-state index in [1.807, 2.05) is 42.5 Å². The minimum atomic E-state index is -0.298. The van der Waals surface area contributed by atoms with E-state index < -0.39 is 0 Å². The summed E-state index contributed by atoms with van der Waals surface area (Å²) in [4.78, 5) is 4.54. The molecule has 0 spiro atoms. The number of benzene rings is 3. The minimum Gasteiger partial charge on any atom is -0.496 e. The number of pyridine rings is 1. The van der Waals surface area contributed by atoms with Crippen LogP contribution in [0, 0.1) is 5.82 Å². The largest absolute Gasteiger partial charge is 0.496 e. The van der Waals surface area contributed by atoms with Crippen LogP contribution in [-0.2, 0) is 6.42 Å². The van der Waals surface area contributed by atoms with Gasteiger partial charge < -0.3 is 9.47 Å². The molecule has 4 rings (SSSR count). The van der Waals surface area contributed by atoms with Gasteiger partial charge in [0.15, 0.2) is 0 Å². The zero-order chi connectivity index (χ0) is 20.1. The van der Waals surface area contributed by atoms with E-state index in [4.69, 9.17) is 9.47 Å². The van der Waals surface area contributed by atoms with Crippen molar-refractivity contribution in [2.24, 2.45) is 0 Å². The van der Waals surface area contributed by atoms with E-state index in [-0.39, 0.29) is 5.82 Å². The van der Waals surface area contributed by atoms with Crippen LogP contribution in [0.15, 0.2) is 91.1 Å². The maximum absolute atomic E-state index is 13.0. The summed E-state index contributed by atoms with van der Waals surface area (Å²) in [5.41, 5.74) is 4.04. The predicted molar refractivity (Wildman–Crippen MR) is 112 cm³/mol. The second-order valence-corrected chi connectivity index (χ2v) is 6.60. The molecular weight excluding hydrogens is 365 g/mol. The lowest BCUT2D eigenvalue weighted by molar-refractivity contribution is 0.412. The Morgan fingerprint density at radius 3 is 2.24 bits per heavy atom. The molecule has 0 aliphatic rings. The summed E-state index contributed by atoms with van der Waals surface area (Å²) in [6, 6.07) is 26.0. The molecule has 29 heavy (non-hydrogen) atoms. The summed E-state index contributed by atoms with van der Waals surface area (Å²) >= 11 is 0. The molecule has 144 valence electrons. The Morgan fingerprint density at radius 2 is 1.55 bits per heavy atom. The highest BCUT2D eigenvalue weighted by atomic mass is 19.1. The van der Waals surface area contributed by atoms with E-state index in [0.717, 1.165) is 29.0 Å². The van der Waals surface area contributed by atoms with Crippen molar-refractivity contribution in [1.29, 1.82) is 0 Å². The van der Waals surface area contributed by atoms with Gasteiger partial charge in [0.1, 0.15) is 23.1 Å². The van der Waals surface area contributed by atoms with E-state index in [1.54, 1.807) is 25.4 Å². The maximum Gasteiger partial charge on any atom is 0.145 e. The summed E-state index contributed by atoms with van der Waals surface area (Å²) < 4.78 is 24.5. The average Bonchev–Trinajstić information content (AvgIpc) is 2.76. The first-order valence-electron chi connectivity index (χ1n) is 9.32. The number of para-hydroxylation sites is 1. The summed E-state index contributed by atoms with van der Waals surface area (Å²) in [5, 5.41) is 0. The van der Waals surface area contributed by atoms with Gasteiger partial charge in [0.2, 0.25) is 0 Å². The Morgan fingerprint density at radius 1 is 0.793 bits per heavy atom. The zero-order valence-electron chi connectivity index (χ0n) is 16.0. The molecule has 3 aromatic carbocycles. The first kappa shape index (κ1) is 18.7. The van der Waals surface area contributed by atoms with Gasteiger partial charge in [0.25, 0.3) is 0 Å². The van der Waals surface area contributed by atoms with Gasteiger partial charge in [-0.25, -0.2) is 4.39 Å². The molecule has 0 N–H and O–H groups in total. The third-order valence-corrected chi connectivity index (χ3v) is 4.60. The molecule has 0 fully saturated rings. The van der Waals surface area contributed by atoms with Crippen LogP contribution in [0.25, 0.3) is 11.3 Å². The third kappa shape index (κ3) is 4.43. The topological polar surface area (TPSA) is 31.4 Å². The van der Waals surface area contributed by atoms with E-state index in [2.05, 4.69) is 23.2 Å². The Labute approximate surface area is 169 Å². The van der Waals surface area contributed by atoms with Gasteiger partial charge in [-0.15, -0.1) is 0 Å². The molecule has 4 aromatic rings. The van der Waals surface area contributed by atoms with Crippen LogP contribution in [0.4, 0.5) is 4.39 Å². The number of ether oxygens (including phenoxy) is 2. The van der Waals surface area contributed by atoms with Crippen molar-refractivity contribution in [1.82, 2.24) is 4.98 Å². The first-order valence-corrected chi connectivity index (χ1v) is 9.32. The van der Waals surface area contributed by atoms with Crippen molar-refractivity contribution in [2.45, 2.75) is 6.42 Å². The molecule has 0 bridgehead atoms. The van der Waals surface area contributed by atoms with E-state index in [0.29, 0.717) is 11.5 Å². The highest BCUT2D eigenvalue weighted by Crippen LogP contribution is 2.34. The summed E-state index contributed by atoms with van der Waals surface area (Å²) in [6.45, 7) is 0. The van der Waals surface area contributed by atoms with Crippen molar-refractivity contribution in [3.63, 3.8) is 0 Å². The van der Waals surface area contributed by atoms with Gasteiger partial charge in [-0.3, -0.25) is 4.98 Å². The average molecular weight is 385 g/mol. The lowest BCUT2D eigenvalue weighted by atomic mass is 9.99. The van der Waals surface area contributed by atoms with Crippen LogP contribution in [0.1, 0.15) is 11.1 Å². The van der Waals surface area contributed by atoms with Crippen molar-refractivity contribution in [2.75, 3.05) is 7.11 Å². The second-order valence-electron chi connectivity index (χ2n) is 6.60. The molecule has 0 aliphatic carbocycles. The number of hydrogen-bond donors (Lipinski definition) is 0. The van der Waals surface area contributed by atoms with Crippen molar-refractivity contribution >= 4 is 0 Å². The van der Waals surface area contributed by atoms with Crippen LogP contribution in [0.5, 0.6) is 17.2 Å². The van der Waals surface area contributed by atoms with E-state index in [1.165, 1.54) is 17.7 Å². The molecular formula is C25H20FNO2. The molecule has 0 saturated carbocycles. The molecule has 3 nitrogen and oxygen atoms in total. The fourth-order valence-corrected chi connectivity index (χ4v) is 3.22. The lowest BCUT2D eigenvalue weighted by Gasteiger charge is -2.14. The maximum atomic E-state index is 13.0. The number of halogens is 1. The molecule has 0 radical (unpaired) electrons. The van der Waals surface area contributed by atoms with Gasteiger partial charge >= 0.3 is 0 Å². The standard InChI is InChI=1S/C25H20FNO2/c1-28-25-19(16-18-6-3-2-4-7-18)8-5-9-23(25)24-15-14-22(17-27-24)29-21-12-10-20(26)11-13-21/h2-15,17H,16H2,1H3. The normalized spacial score (nSPS) is 10.6. The number of hydrogen-bond acceptors (Lipinski definition) is 3. The molecule has 1 aromatic heterocycles. The van der Waals surface area contributed by atoms with Crippen LogP contribution in [-0.4, -0.2) is 12.1 Å². The fraction of sp³-hybridized carbons (Fsp3) is 0.0800. The first-order chi connectivity index (χ1) is 14.2. The third-order valence-electron chi connectivity index (χ3n) is 4.60. The van der Waals surface area contributed by atoms with Crippen molar-refractivity contribution in [3.05, 3.63) is 108 Å². The summed E-state index contributed by atoms with van der Waals surface area (Å²) in [5.74, 6) is 1.66. The van der Waals surface area contributed by atoms with Gasteiger partial charge in [-0.2, -0.15) is 0 Å². The summed E-state index contributed by atoms with van der Waals surface area (Å²) in [6.07, 6.45) is 2.44. The smallest absolute Gasteiger partial charge is 0.145 e. The van der Waals surface area contributed by atoms with Crippen molar-refractivity contribution < 1.29 is 13.9 Å². The van der Waals surface area contributed by atoms with E-state index >= 15 is 0 Å². The SMILES string of the molecule is COc1c(Cc2ccccc2)cccc1-c1ccc(Oc2ccc(F)cc2)cn1. The Kier molecular flexibility index (Phi) is 5.52. The number of nitrogens with zero attached hydrogens (tertiary/aromatic N) is 1. The highest BCUT2D eigenvalue weighted by molar-refractivity contribution is 5.70. The molecule has 4 heteroatoms. The highest BCUT2D eigenvalue weighted by Gasteiger charge is 2.12. The van der Waals surface area contributed by atoms with Gasteiger partial charge in [-0.05, 0) is 53.6 Å². The summed E-state index contributed by atoms with van der Waals surface area (Å²) in [7, 11) is 1.68.